The van der Waals surface area contributed by atoms with Crippen molar-refractivity contribution >= 4 is 6.09 Å². The van der Waals surface area contributed by atoms with E-state index in [0.717, 1.165) is 59.4 Å². The van der Waals surface area contributed by atoms with Crippen LogP contribution in [0, 0.1) is 0 Å². The van der Waals surface area contributed by atoms with Gasteiger partial charge in [0.15, 0.2) is 6.29 Å². The molecule has 284 valence electrons. The molecule has 3 aromatic rings. The molecular weight excluding hydrogens is 649 g/mol. The van der Waals surface area contributed by atoms with Gasteiger partial charge in [0.05, 0.1) is 18.8 Å². The van der Waals surface area contributed by atoms with Crippen molar-refractivity contribution in [3.05, 3.63) is 108 Å². The Morgan fingerprint density at radius 1 is 0.808 bits per heavy atom. The van der Waals surface area contributed by atoms with Gasteiger partial charge < -0.3 is 29.5 Å². The number of amides is 1. The molecule has 7 nitrogen and oxygen atoms in total. The number of carbonyl (C=O) groups excluding carboxylic acids is 1. The maximum absolute atomic E-state index is 11.9. The minimum atomic E-state index is -0.489. The molecule has 1 aliphatic rings. The molecule has 3 atom stereocenters. The highest BCUT2D eigenvalue weighted by molar-refractivity contribution is 5.68. The molecule has 1 heterocycles. The lowest BCUT2D eigenvalue weighted by Crippen LogP contribution is -2.40. The number of nitrogens with one attached hydrogen (secondary N) is 1. The van der Waals surface area contributed by atoms with Crippen molar-refractivity contribution < 1.29 is 24.1 Å². The van der Waals surface area contributed by atoms with E-state index < -0.39 is 12.4 Å². The third-order valence-electron chi connectivity index (χ3n) is 9.94. The molecule has 1 fully saturated rings. The second-order valence-corrected chi connectivity index (χ2v) is 14.2. The maximum atomic E-state index is 11.9. The van der Waals surface area contributed by atoms with E-state index in [-0.39, 0.29) is 25.4 Å². The second-order valence-electron chi connectivity index (χ2n) is 14.2. The highest BCUT2D eigenvalue weighted by Crippen LogP contribution is 2.39. The zero-order valence-corrected chi connectivity index (χ0v) is 31.9. The van der Waals surface area contributed by atoms with Crippen molar-refractivity contribution in [1.29, 1.82) is 0 Å². The number of alkyl carbamates (subject to hydrolysis) is 1. The Morgan fingerprint density at radius 2 is 1.44 bits per heavy atom. The van der Waals surface area contributed by atoms with E-state index in [2.05, 4.69) is 79.2 Å². The molecule has 1 aliphatic heterocycles. The average molecular weight is 713 g/mol. The number of hydrogen-bond donors (Lipinski definition) is 2. The Hall–Kier alpha value is -3.49. The lowest BCUT2D eigenvalue weighted by atomic mass is 9.98. The number of unbranched alkanes of at least 4 members (excludes halogenated alkanes) is 10. The van der Waals surface area contributed by atoms with Crippen molar-refractivity contribution in [2.24, 2.45) is 0 Å². The van der Waals surface area contributed by atoms with Crippen molar-refractivity contribution in [3.8, 4) is 11.1 Å². The lowest BCUT2D eigenvalue weighted by molar-refractivity contribution is -0.253. The van der Waals surface area contributed by atoms with E-state index in [1.54, 1.807) is 6.08 Å². The summed E-state index contributed by atoms with van der Waals surface area (Å²) in [6.45, 7) is 11.8. The van der Waals surface area contributed by atoms with Gasteiger partial charge in [-0.1, -0.05) is 157 Å². The molecule has 0 saturated carbocycles. The van der Waals surface area contributed by atoms with Gasteiger partial charge in [0.1, 0.15) is 6.61 Å². The first-order valence-corrected chi connectivity index (χ1v) is 20.0. The lowest BCUT2D eigenvalue weighted by Gasteiger charge is -2.38. The first kappa shape index (κ1) is 41.3. The number of rotatable bonds is 24. The van der Waals surface area contributed by atoms with Crippen LogP contribution in [0.25, 0.3) is 11.1 Å². The SMILES string of the molecule is C=CCOC(=O)NCc1cccc(-c2ccc([C@@H]3O[C@H](CN(CCCCCCCC)CCCCCCCC)C[C@H](c4ccc(CO)cc4)O3)cc2)c1. The fourth-order valence-electron chi connectivity index (χ4n) is 6.90. The zero-order chi connectivity index (χ0) is 36.8. The van der Waals surface area contributed by atoms with E-state index >= 15 is 0 Å². The minimum absolute atomic E-state index is 0.0278. The number of carbonyl (C=O) groups is 1. The molecule has 0 bridgehead atoms. The van der Waals surface area contributed by atoms with Crippen LogP contribution < -0.4 is 5.32 Å². The van der Waals surface area contributed by atoms with Gasteiger partial charge in [-0.25, -0.2) is 4.79 Å². The van der Waals surface area contributed by atoms with Gasteiger partial charge in [-0.3, -0.25) is 0 Å². The second kappa shape index (κ2) is 23.9. The molecule has 52 heavy (non-hydrogen) atoms. The summed E-state index contributed by atoms with van der Waals surface area (Å²) in [7, 11) is 0. The summed E-state index contributed by atoms with van der Waals surface area (Å²) in [5.41, 5.74) is 6.13. The summed E-state index contributed by atoms with van der Waals surface area (Å²) in [6, 6.07) is 24.8. The summed E-state index contributed by atoms with van der Waals surface area (Å²) in [5, 5.41) is 12.4. The van der Waals surface area contributed by atoms with Crippen molar-refractivity contribution in [3.63, 3.8) is 0 Å². The van der Waals surface area contributed by atoms with Gasteiger partial charge in [0.25, 0.3) is 0 Å². The van der Waals surface area contributed by atoms with Crippen LogP contribution in [0.4, 0.5) is 4.79 Å². The monoisotopic (exact) mass is 712 g/mol. The quantitative estimate of drug-likeness (QED) is 0.0711. The van der Waals surface area contributed by atoms with E-state index in [1.165, 1.54) is 77.0 Å². The molecule has 0 unspecified atom stereocenters. The van der Waals surface area contributed by atoms with Gasteiger partial charge in [0.2, 0.25) is 0 Å². The van der Waals surface area contributed by atoms with Crippen molar-refractivity contribution in [2.75, 3.05) is 26.2 Å². The molecule has 0 aromatic heterocycles. The predicted molar refractivity (Wildman–Crippen MR) is 212 cm³/mol. The highest BCUT2D eigenvalue weighted by Gasteiger charge is 2.33. The molecule has 1 saturated heterocycles. The van der Waals surface area contributed by atoms with Crippen LogP contribution in [0.1, 0.15) is 132 Å². The fourth-order valence-corrected chi connectivity index (χ4v) is 6.90. The third kappa shape index (κ3) is 14.5. The number of hydrogen-bond acceptors (Lipinski definition) is 6. The molecule has 0 aliphatic carbocycles. The summed E-state index contributed by atoms with van der Waals surface area (Å²) >= 11 is 0. The van der Waals surface area contributed by atoms with Crippen molar-refractivity contribution in [1.82, 2.24) is 10.2 Å². The van der Waals surface area contributed by atoms with Gasteiger partial charge in [0, 0.05) is 25.1 Å². The van der Waals surface area contributed by atoms with Crippen LogP contribution in [-0.2, 0) is 27.4 Å². The molecular formula is C45H64N2O5. The Bertz CT molecular complexity index is 1410. The third-order valence-corrected chi connectivity index (χ3v) is 9.94. The summed E-state index contributed by atoms with van der Waals surface area (Å²) in [5.74, 6) is 0. The predicted octanol–water partition coefficient (Wildman–Crippen LogP) is 10.8. The van der Waals surface area contributed by atoms with Crippen LogP contribution >= 0.6 is 0 Å². The Kier molecular flexibility index (Phi) is 19.0. The van der Waals surface area contributed by atoms with E-state index in [1.807, 2.05) is 24.3 Å². The van der Waals surface area contributed by atoms with Gasteiger partial charge in [-0.15, -0.1) is 0 Å². The van der Waals surface area contributed by atoms with E-state index in [0.29, 0.717) is 6.54 Å². The summed E-state index contributed by atoms with van der Waals surface area (Å²) < 4.78 is 18.5. The zero-order valence-electron chi connectivity index (χ0n) is 31.9. The number of aliphatic hydroxyl groups excluding tert-OH is 1. The first-order valence-electron chi connectivity index (χ1n) is 20.0. The largest absolute Gasteiger partial charge is 0.445 e. The van der Waals surface area contributed by atoms with Crippen LogP contribution in [0.2, 0.25) is 0 Å². The molecule has 0 radical (unpaired) electrons. The summed E-state index contributed by atoms with van der Waals surface area (Å²) in [6.07, 6.45) is 16.9. The standard InChI is InChI=1S/C45H64N2O5/c1-4-7-9-11-13-15-28-47(29-16-14-12-10-8-5-2)34-42-32-43(39-22-20-36(35-48)21-23-39)52-44(51-42)40-26-24-38(25-27-40)41-19-17-18-37(31-41)33-46-45(49)50-30-6-3/h6,17-27,31,42-44,48H,3-5,7-16,28-30,32-35H2,1-2H3,(H,46,49)/t42-,43+,44+/m0/s1. The average Bonchev–Trinajstić information content (AvgIpc) is 3.18. The van der Waals surface area contributed by atoms with Gasteiger partial charge in [-0.2, -0.15) is 0 Å². The van der Waals surface area contributed by atoms with E-state index in [9.17, 15) is 9.90 Å². The van der Waals surface area contributed by atoms with Crippen molar-refractivity contribution in [2.45, 2.75) is 129 Å². The number of nitrogens with zero attached hydrogens (tertiary/aromatic N) is 1. The number of benzene rings is 3. The number of aliphatic hydroxyl groups is 1. The van der Waals surface area contributed by atoms with Crippen LogP contribution in [0.5, 0.6) is 0 Å². The summed E-state index contributed by atoms with van der Waals surface area (Å²) in [4.78, 5) is 14.6. The minimum Gasteiger partial charge on any atom is -0.445 e. The Morgan fingerprint density at radius 3 is 2.08 bits per heavy atom. The molecule has 3 aromatic carbocycles. The maximum Gasteiger partial charge on any atom is 0.407 e. The highest BCUT2D eigenvalue weighted by atomic mass is 16.7. The topological polar surface area (TPSA) is 80.3 Å². The van der Waals surface area contributed by atoms with E-state index in [4.69, 9.17) is 14.2 Å². The molecule has 2 N–H and O–H groups in total. The fraction of sp³-hybridized carbons (Fsp3) is 0.533. The van der Waals surface area contributed by atoms with Crippen LogP contribution in [-0.4, -0.2) is 48.4 Å². The molecule has 4 rings (SSSR count). The smallest absolute Gasteiger partial charge is 0.407 e. The Balaban J connectivity index is 1.46. The molecule has 7 heteroatoms. The van der Waals surface area contributed by atoms with Crippen LogP contribution in [0.15, 0.2) is 85.5 Å². The van der Waals surface area contributed by atoms with Gasteiger partial charge >= 0.3 is 6.09 Å². The normalized spacial score (nSPS) is 17.3. The molecule has 1 amide bonds. The number of ether oxygens (including phenoxy) is 3. The first-order chi connectivity index (χ1) is 25.5. The van der Waals surface area contributed by atoms with Crippen LogP contribution in [0.3, 0.4) is 0 Å². The Labute approximate surface area is 313 Å². The molecule has 0 spiro atoms. The van der Waals surface area contributed by atoms with Gasteiger partial charge in [-0.05, 0) is 59.8 Å².